The maximum atomic E-state index is 12.6. The van der Waals surface area contributed by atoms with Crippen LogP contribution in [0.15, 0.2) is 54.6 Å². The van der Waals surface area contributed by atoms with E-state index in [2.05, 4.69) is 5.32 Å². The number of amides is 3. The van der Waals surface area contributed by atoms with Crippen LogP contribution in [0.25, 0.3) is 0 Å². The SMILES string of the molecule is COc1ccccc1NC(=O)N1CCC2(CC1)CC(=O)N(Cc1ccccc1)O2. The molecule has 2 aliphatic rings. The zero-order chi connectivity index (χ0) is 20.3. The smallest absolute Gasteiger partial charge is 0.321 e. The molecule has 152 valence electrons. The summed E-state index contributed by atoms with van der Waals surface area (Å²) in [5.41, 5.74) is 1.17. The minimum Gasteiger partial charge on any atom is -0.495 e. The Morgan fingerprint density at radius 1 is 1.10 bits per heavy atom. The predicted molar refractivity (Wildman–Crippen MR) is 108 cm³/mol. The number of carbonyl (C=O) groups is 2. The average Bonchev–Trinajstić information content (AvgIpc) is 3.04. The van der Waals surface area contributed by atoms with Crippen molar-refractivity contribution in [3.8, 4) is 5.75 Å². The number of methoxy groups -OCH3 is 1. The number of anilines is 1. The Morgan fingerprint density at radius 2 is 1.79 bits per heavy atom. The third kappa shape index (κ3) is 4.19. The molecule has 4 rings (SSSR count). The fraction of sp³-hybridized carbons (Fsp3) is 0.364. The summed E-state index contributed by atoms with van der Waals surface area (Å²) in [6, 6.07) is 17.0. The number of para-hydroxylation sites is 2. The largest absolute Gasteiger partial charge is 0.495 e. The van der Waals surface area contributed by atoms with E-state index in [9.17, 15) is 9.59 Å². The molecule has 7 nitrogen and oxygen atoms in total. The van der Waals surface area contributed by atoms with Gasteiger partial charge in [0, 0.05) is 13.1 Å². The maximum Gasteiger partial charge on any atom is 0.321 e. The van der Waals surface area contributed by atoms with Gasteiger partial charge < -0.3 is 15.0 Å². The first-order valence-corrected chi connectivity index (χ1v) is 9.81. The first kappa shape index (κ1) is 19.3. The van der Waals surface area contributed by atoms with E-state index < -0.39 is 5.60 Å². The summed E-state index contributed by atoms with van der Waals surface area (Å²) in [4.78, 5) is 33.0. The molecule has 0 unspecified atom stereocenters. The van der Waals surface area contributed by atoms with Crippen LogP contribution in [0.1, 0.15) is 24.8 Å². The van der Waals surface area contributed by atoms with Crippen LogP contribution in [0, 0.1) is 0 Å². The summed E-state index contributed by atoms with van der Waals surface area (Å²) in [5.74, 6) is 0.622. The van der Waals surface area contributed by atoms with Crippen LogP contribution in [-0.4, -0.2) is 47.7 Å². The van der Waals surface area contributed by atoms with Crippen molar-refractivity contribution >= 4 is 17.6 Å². The van der Waals surface area contributed by atoms with Gasteiger partial charge in [-0.3, -0.25) is 9.63 Å². The quantitative estimate of drug-likeness (QED) is 0.861. The van der Waals surface area contributed by atoms with Gasteiger partial charge in [0.2, 0.25) is 5.91 Å². The van der Waals surface area contributed by atoms with Gasteiger partial charge in [-0.15, -0.1) is 0 Å². The van der Waals surface area contributed by atoms with Gasteiger partial charge in [0.1, 0.15) is 11.4 Å². The molecule has 2 aromatic rings. The lowest BCUT2D eigenvalue weighted by Gasteiger charge is -2.37. The molecule has 3 amide bonds. The number of hydroxylamine groups is 2. The van der Waals surface area contributed by atoms with Crippen molar-refractivity contribution in [1.29, 1.82) is 0 Å². The highest BCUT2D eigenvalue weighted by Gasteiger charge is 2.47. The van der Waals surface area contributed by atoms with Crippen molar-refractivity contribution in [1.82, 2.24) is 9.96 Å². The number of likely N-dealkylation sites (tertiary alicyclic amines) is 1. The highest BCUT2D eigenvalue weighted by atomic mass is 16.7. The third-order valence-electron chi connectivity index (χ3n) is 5.53. The van der Waals surface area contributed by atoms with E-state index in [1.165, 1.54) is 5.06 Å². The van der Waals surface area contributed by atoms with Gasteiger partial charge in [-0.1, -0.05) is 42.5 Å². The van der Waals surface area contributed by atoms with E-state index in [0.717, 1.165) is 5.56 Å². The lowest BCUT2D eigenvalue weighted by atomic mass is 9.89. The van der Waals surface area contributed by atoms with Gasteiger partial charge in [-0.2, -0.15) is 0 Å². The minimum atomic E-state index is -0.507. The number of nitrogens with one attached hydrogen (secondary N) is 1. The second kappa shape index (κ2) is 8.13. The van der Waals surface area contributed by atoms with Crippen LogP contribution < -0.4 is 10.1 Å². The van der Waals surface area contributed by atoms with Gasteiger partial charge in [0.15, 0.2) is 0 Å². The minimum absolute atomic E-state index is 0.000719. The van der Waals surface area contributed by atoms with Gasteiger partial charge in [0.05, 0.1) is 25.8 Å². The molecule has 7 heteroatoms. The van der Waals surface area contributed by atoms with Crippen molar-refractivity contribution in [3.63, 3.8) is 0 Å². The number of nitrogens with zero attached hydrogens (tertiary/aromatic N) is 2. The van der Waals surface area contributed by atoms with E-state index in [1.807, 2.05) is 48.5 Å². The molecule has 2 aromatic carbocycles. The molecule has 0 aliphatic carbocycles. The number of rotatable bonds is 4. The Hall–Kier alpha value is -3.06. The summed E-state index contributed by atoms with van der Waals surface area (Å²) in [5, 5.41) is 4.38. The third-order valence-corrected chi connectivity index (χ3v) is 5.53. The van der Waals surface area contributed by atoms with Crippen LogP contribution >= 0.6 is 0 Å². The zero-order valence-corrected chi connectivity index (χ0v) is 16.5. The summed E-state index contributed by atoms with van der Waals surface area (Å²) in [7, 11) is 1.57. The van der Waals surface area contributed by atoms with Crippen LogP contribution in [0.5, 0.6) is 5.75 Å². The maximum absolute atomic E-state index is 12.6. The molecule has 1 N–H and O–H groups in total. The number of hydrogen-bond donors (Lipinski definition) is 1. The van der Waals surface area contributed by atoms with Crippen LogP contribution in [0.2, 0.25) is 0 Å². The Bertz CT molecular complexity index is 879. The molecule has 0 saturated carbocycles. The Balaban J connectivity index is 1.34. The van der Waals surface area contributed by atoms with Crippen LogP contribution in [-0.2, 0) is 16.2 Å². The highest BCUT2D eigenvalue weighted by Crippen LogP contribution is 2.37. The number of benzene rings is 2. The van der Waals surface area contributed by atoms with Gasteiger partial charge in [-0.25, -0.2) is 9.86 Å². The van der Waals surface area contributed by atoms with Crippen LogP contribution in [0.3, 0.4) is 0 Å². The Morgan fingerprint density at radius 3 is 2.52 bits per heavy atom. The summed E-state index contributed by atoms with van der Waals surface area (Å²) < 4.78 is 5.29. The molecular formula is C22H25N3O4. The molecule has 0 aromatic heterocycles. The standard InChI is InChI=1S/C22H25N3O4/c1-28-19-10-6-5-9-18(19)23-21(27)24-13-11-22(12-14-24)15-20(26)25(29-22)16-17-7-3-2-4-8-17/h2-10H,11-16H2,1H3,(H,23,27). The first-order chi connectivity index (χ1) is 14.1. The fourth-order valence-corrected chi connectivity index (χ4v) is 3.88. The summed E-state index contributed by atoms with van der Waals surface area (Å²) >= 11 is 0. The first-order valence-electron chi connectivity index (χ1n) is 9.81. The normalized spacial score (nSPS) is 18.2. The topological polar surface area (TPSA) is 71.1 Å². The van der Waals surface area contributed by atoms with Gasteiger partial charge >= 0.3 is 6.03 Å². The van der Waals surface area contributed by atoms with Crippen molar-refractivity contribution < 1.29 is 19.2 Å². The van der Waals surface area contributed by atoms with E-state index in [0.29, 0.717) is 50.3 Å². The van der Waals surface area contributed by atoms with Crippen molar-refractivity contribution in [2.75, 3.05) is 25.5 Å². The number of carbonyl (C=O) groups excluding carboxylic acids is 2. The lowest BCUT2D eigenvalue weighted by molar-refractivity contribution is -0.212. The Kier molecular flexibility index (Phi) is 5.40. The van der Waals surface area contributed by atoms with E-state index in [4.69, 9.17) is 9.57 Å². The number of piperidine rings is 1. The van der Waals surface area contributed by atoms with Gasteiger partial charge in [-0.05, 0) is 30.5 Å². The van der Waals surface area contributed by atoms with Crippen molar-refractivity contribution in [2.45, 2.75) is 31.4 Å². The van der Waals surface area contributed by atoms with E-state index >= 15 is 0 Å². The predicted octanol–water partition coefficient (Wildman–Crippen LogP) is 3.43. The molecule has 2 heterocycles. The molecule has 2 aliphatic heterocycles. The second-order valence-corrected chi connectivity index (χ2v) is 7.48. The lowest BCUT2D eigenvalue weighted by Crippen LogP contribution is -2.48. The van der Waals surface area contributed by atoms with Crippen molar-refractivity contribution in [3.05, 3.63) is 60.2 Å². The fourth-order valence-electron chi connectivity index (χ4n) is 3.88. The van der Waals surface area contributed by atoms with E-state index in [-0.39, 0.29) is 11.9 Å². The zero-order valence-electron chi connectivity index (χ0n) is 16.5. The van der Waals surface area contributed by atoms with Crippen molar-refractivity contribution in [2.24, 2.45) is 0 Å². The molecule has 2 fully saturated rings. The summed E-state index contributed by atoms with van der Waals surface area (Å²) in [6.07, 6.45) is 1.62. The van der Waals surface area contributed by atoms with Crippen LogP contribution in [0.4, 0.5) is 10.5 Å². The van der Waals surface area contributed by atoms with Gasteiger partial charge in [0.25, 0.3) is 0 Å². The molecule has 0 radical (unpaired) electrons. The Labute approximate surface area is 170 Å². The number of urea groups is 1. The molecule has 29 heavy (non-hydrogen) atoms. The highest BCUT2D eigenvalue weighted by molar-refractivity contribution is 5.91. The summed E-state index contributed by atoms with van der Waals surface area (Å²) in [6.45, 7) is 1.51. The van der Waals surface area contributed by atoms with E-state index in [1.54, 1.807) is 18.1 Å². The average molecular weight is 395 g/mol. The molecule has 0 atom stereocenters. The molecular weight excluding hydrogens is 370 g/mol. The monoisotopic (exact) mass is 395 g/mol. The second-order valence-electron chi connectivity index (χ2n) is 7.48. The molecule has 2 saturated heterocycles. The molecule has 1 spiro atoms. The number of ether oxygens (including phenoxy) is 1. The number of hydrogen-bond acceptors (Lipinski definition) is 4. The molecule has 0 bridgehead atoms.